The van der Waals surface area contributed by atoms with E-state index >= 15 is 0 Å². The molecule has 0 aromatic carbocycles. The van der Waals surface area contributed by atoms with E-state index in [9.17, 15) is 4.79 Å². The first-order valence-electron chi connectivity index (χ1n) is 3.84. The van der Waals surface area contributed by atoms with Crippen LogP contribution in [0.5, 0.6) is 0 Å². The second-order valence-electron chi connectivity index (χ2n) is 2.85. The van der Waals surface area contributed by atoms with Gasteiger partial charge in [-0.15, -0.1) is 0 Å². The zero-order valence-corrected chi connectivity index (χ0v) is 7.48. The monoisotopic (exact) mass is 181 g/mol. The first kappa shape index (κ1) is 9.60. The molecule has 0 radical (unpaired) electrons. The van der Waals surface area contributed by atoms with Crippen LogP contribution in [0.15, 0.2) is 6.20 Å². The summed E-state index contributed by atoms with van der Waals surface area (Å²) in [5.74, 6) is -0.704. The second kappa shape index (κ2) is 3.49. The van der Waals surface area contributed by atoms with Crippen molar-refractivity contribution in [1.82, 2.24) is 9.97 Å². The first-order valence-corrected chi connectivity index (χ1v) is 3.84. The number of rotatable bonds is 2. The normalized spacial score (nSPS) is 12.5. The number of aromatic nitrogens is 2. The summed E-state index contributed by atoms with van der Waals surface area (Å²) in [6, 6.07) is -0.348. The van der Waals surface area contributed by atoms with Crippen molar-refractivity contribution in [2.45, 2.75) is 19.9 Å². The number of carboxylic acids is 1. The minimum atomic E-state index is -1.05. The van der Waals surface area contributed by atoms with Crippen molar-refractivity contribution >= 4 is 5.97 Å². The van der Waals surface area contributed by atoms with Gasteiger partial charge in [0.15, 0.2) is 5.69 Å². The van der Waals surface area contributed by atoms with E-state index < -0.39 is 5.97 Å². The van der Waals surface area contributed by atoms with E-state index in [0.717, 1.165) is 0 Å². The van der Waals surface area contributed by atoms with Crippen molar-refractivity contribution in [3.05, 3.63) is 23.3 Å². The van der Waals surface area contributed by atoms with Crippen LogP contribution in [0.25, 0.3) is 0 Å². The van der Waals surface area contributed by atoms with Crippen LogP contribution in [0.3, 0.4) is 0 Å². The van der Waals surface area contributed by atoms with Crippen LogP contribution in [0.1, 0.15) is 34.8 Å². The number of nitrogens with zero attached hydrogens (tertiary/aromatic N) is 2. The summed E-state index contributed by atoms with van der Waals surface area (Å²) in [6.45, 7) is 3.35. The largest absolute Gasteiger partial charge is 0.477 e. The minimum absolute atomic E-state index is 0.0160. The summed E-state index contributed by atoms with van der Waals surface area (Å²) in [6.07, 6.45) is 1.47. The van der Waals surface area contributed by atoms with Crippen molar-refractivity contribution in [3.63, 3.8) is 0 Å². The van der Waals surface area contributed by atoms with Gasteiger partial charge >= 0.3 is 5.97 Å². The van der Waals surface area contributed by atoms with Gasteiger partial charge in [-0.3, -0.25) is 0 Å². The molecule has 1 heterocycles. The molecule has 1 rings (SSSR count). The molecular weight excluding hydrogens is 170 g/mol. The fraction of sp³-hybridized carbons (Fsp3) is 0.375. The van der Waals surface area contributed by atoms with Crippen molar-refractivity contribution in [2.75, 3.05) is 0 Å². The highest BCUT2D eigenvalue weighted by atomic mass is 16.4. The molecule has 5 heteroatoms. The molecule has 1 aromatic rings. The average Bonchev–Trinajstić information content (AvgIpc) is 2.04. The van der Waals surface area contributed by atoms with Gasteiger partial charge in [-0.2, -0.15) is 0 Å². The Morgan fingerprint density at radius 2 is 2.31 bits per heavy atom. The van der Waals surface area contributed by atoms with Gasteiger partial charge in [0.05, 0.1) is 6.04 Å². The minimum Gasteiger partial charge on any atom is -0.477 e. The molecule has 1 aromatic heterocycles. The molecule has 13 heavy (non-hydrogen) atoms. The third kappa shape index (κ3) is 2.00. The number of carbonyl (C=O) groups is 1. The predicted octanol–water partition coefficient (Wildman–Crippen LogP) is 0.503. The zero-order valence-electron chi connectivity index (χ0n) is 7.48. The van der Waals surface area contributed by atoms with Crippen LogP contribution in [-0.2, 0) is 0 Å². The van der Waals surface area contributed by atoms with E-state index in [1.54, 1.807) is 13.8 Å². The molecule has 0 aliphatic carbocycles. The molecule has 1 atom stereocenters. The Morgan fingerprint density at radius 3 is 2.77 bits per heavy atom. The number of aromatic carboxylic acids is 1. The van der Waals surface area contributed by atoms with Gasteiger partial charge in [-0.1, -0.05) is 0 Å². The lowest BCUT2D eigenvalue weighted by atomic mass is 10.2. The van der Waals surface area contributed by atoms with Gasteiger partial charge in [0.2, 0.25) is 0 Å². The number of hydrogen-bond donors (Lipinski definition) is 2. The molecule has 0 bridgehead atoms. The molecule has 0 saturated carbocycles. The molecule has 5 nitrogen and oxygen atoms in total. The van der Waals surface area contributed by atoms with Crippen molar-refractivity contribution in [2.24, 2.45) is 5.73 Å². The predicted molar refractivity (Wildman–Crippen MR) is 46.3 cm³/mol. The van der Waals surface area contributed by atoms with Gasteiger partial charge in [-0.25, -0.2) is 14.8 Å². The highest BCUT2D eigenvalue weighted by molar-refractivity contribution is 5.86. The maximum absolute atomic E-state index is 10.7. The molecule has 70 valence electrons. The highest BCUT2D eigenvalue weighted by Crippen LogP contribution is 2.07. The Balaban J connectivity index is 3.19. The van der Waals surface area contributed by atoms with Crippen LogP contribution in [0.4, 0.5) is 0 Å². The van der Waals surface area contributed by atoms with Crippen LogP contribution in [0, 0.1) is 6.92 Å². The maximum Gasteiger partial charge on any atom is 0.354 e. The SMILES string of the molecule is Cc1cnc(C(C)N)nc1C(=O)O. The lowest BCUT2D eigenvalue weighted by Crippen LogP contribution is -2.14. The molecule has 0 aliphatic heterocycles. The fourth-order valence-corrected chi connectivity index (χ4v) is 0.892. The summed E-state index contributed by atoms with van der Waals surface area (Å²) in [5.41, 5.74) is 6.07. The third-order valence-electron chi connectivity index (χ3n) is 1.60. The molecule has 0 aliphatic rings. The quantitative estimate of drug-likeness (QED) is 0.693. The highest BCUT2D eigenvalue weighted by Gasteiger charge is 2.12. The van der Waals surface area contributed by atoms with E-state index in [-0.39, 0.29) is 11.7 Å². The number of hydrogen-bond acceptors (Lipinski definition) is 4. The average molecular weight is 181 g/mol. The Hall–Kier alpha value is -1.49. The van der Waals surface area contributed by atoms with Crippen LogP contribution < -0.4 is 5.73 Å². The van der Waals surface area contributed by atoms with E-state index in [1.807, 2.05) is 0 Å². The number of carboxylic acid groups (broad SMARTS) is 1. The van der Waals surface area contributed by atoms with E-state index in [1.165, 1.54) is 6.20 Å². The smallest absolute Gasteiger partial charge is 0.354 e. The fourth-order valence-electron chi connectivity index (χ4n) is 0.892. The summed E-state index contributed by atoms with van der Waals surface area (Å²) in [5, 5.41) is 8.74. The van der Waals surface area contributed by atoms with Gasteiger partial charge in [0.1, 0.15) is 5.82 Å². The van der Waals surface area contributed by atoms with Crippen molar-refractivity contribution in [3.8, 4) is 0 Å². The van der Waals surface area contributed by atoms with Gasteiger partial charge in [0.25, 0.3) is 0 Å². The Bertz CT molecular complexity index is 336. The van der Waals surface area contributed by atoms with Crippen LogP contribution in [-0.4, -0.2) is 21.0 Å². The van der Waals surface area contributed by atoms with E-state index in [0.29, 0.717) is 11.4 Å². The third-order valence-corrected chi connectivity index (χ3v) is 1.60. The lowest BCUT2D eigenvalue weighted by molar-refractivity contribution is 0.0689. The second-order valence-corrected chi connectivity index (χ2v) is 2.85. The molecule has 1 unspecified atom stereocenters. The van der Waals surface area contributed by atoms with Crippen molar-refractivity contribution in [1.29, 1.82) is 0 Å². The molecule has 0 spiro atoms. The van der Waals surface area contributed by atoms with Gasteiger partial charge in [0, 0.05) is 11.8 Å². The Labute approximate surface area is 75.6 Å². The number of nitrogens with two attached hydrogens (primary N) is 1. The van der Waals surface area contributed by atoms with Gasteiger partial charge < -0.3 is 10.8 Å². The summed E-state index contributed by atoms with van der Waals surface area (Å²) in [7, 11) is 0. The topological polar surface area (TPSA) is 89.1 Å². The summed E-state index contributed by atoms with van der Waals surface area (Å²) in [4.78, 5) is 18.4. The standard InChI is InChI=1S/C8H11N3O2/c1-4-3-10-7(5(2)9)11-6(4)8(12)13/h3,5H,9H2,1-2H3,(H,12,13). The Morgan fingerprint density at radius 1 is 1.69 bits per heavy atom. The molecule has 0 saturated heterocycles. The summed E-state index contributed by atoms with van der Waals surface area (Å²) < 4.78 is 0. The summed E-state index contributed by atoms with van der Waals surface area (Å²) >= 11 is 0. The van der Waals surface area contributed by atoms with Crippen LogP contribution >= 0.6 is 0 Å². The number of aryl methyl sites for hydroxylation is 1. The molecule has 0 fully saturated rings. The molecular formula is C8H11N3O2. The van der Waals surface area contributed by atoms with E-state index in [2.05, 4.69) is 9.97 Å². The zero-order chi connectivity index (χ0) is 10.0. The Kier molecular flexibility index (Phi) is 2.57. The van der Waals surface area contributed by atoms with E-state index in [4.69, 9.17) is 10.8 Å². The maximum atomic E-state index is 10.7. The van der Waals surface area contributed by atoms with Crippen LogP contribution in [0.2, 0.25) is 0 Å². The van der Waals surface area contributed by atoms with Crippen molar-refractivity contribution < 1.29 is 9.90 Å². The van der Waals surface area contributed by atoms with Gasteiger partial charge in [-0.05, 0) is 13.8 Å². The molecule has 3 N–H and O–H groups in total. The first-order chi connectivity index (χ1) is 6.02. The molecule has 0 amide bonds. The lowest BCUT2D eigenvalue weighted by Gasteiger charge is -2.05.